The molecular weight excluding hydrogens is 459 g/mol. The van der Waals surface area contributed by atoms with Crippen LogP contribution in [0.15, 0.2) is 48.5 Å². The van der Waals surface area contributed by atoms with Gasteiger partial charge in [-0.1, -0.05) is 59.6 Å². The Morgan fingerprint density at radius 3 is 2.19 bits per heavy atom. The van der Waals surface area contributed by atoms with E-state index in [1.807, 2.05) is 6.07 Å². The highest BCUT2D eigenvalue weighted by Gasteiger charge is 2.31. The molecule has 0 fully saturated rings. The lowest BCUT2D eigenvalue weighted by molar-refractivity contribution is -0.145. The van der Waals surface area contributed by atoms with E-state index in [0.29, 0.717) is 15.6 Å². The molecule has 10 heteroatoms. The van der Waals surface area contributed by atoms with E-state index in [9.17, 15) is 19.5 Å². The molecule has 2 rings (SSSR count). The van der Waals surface area contributed by atoms with Crippen LogP contribution in [0.3, 0.4) is 0 Å². The number of benzene rings is 2. The summed E-state index contributed by atoms with van der Waals surface area (Å²) in [7, 11) is 1.17. The molecule has 0 radical (unpaired) electrons. The summed E-state index contributed by atoms with van der Waals surface area (Å²) in [6.07, 6.45) is -2.23. The molecule has 3 N–H and O–H groups in total. The van der Waals surface area contributed by atoms with Gasteiger partial charge < -0.3 is 25.2 Å². The van der Waals surface area contributed by atoms with Crippen LogP contribution in [0.2, 0.25) is 10.0 Å². The first-order chi connectivity index (χ1) is 15.2. The van der Waals surface area contributed by atoms with Gasteiger partial charge in [-0.2, -0.15) is 0 Å². The van der Waals surface area contributed by atoms with Crippen molar-refractivity contribution < 1.29 is 29.0 Å². The Morgan fingerprint density at radius 1 is 1.00 bits per heavy atom. The molecule has 0 aliphatic carbocycles. The quantitative estimate of drug-likeness (QED) is 0.473. The maximum absolute atomic E-state index is 12.8. The summed E-state index contributed by atoms with van der Waals surface area (Å²) in [6.45, 7) is 1.30. The third-order valence-corrected chi connectivity index (χ3v) is 5.23. The second-order valence-corrected chi connectivity index (χ2v) is 7.73. The zero-order valence-corrected chi connectivity index (χ0v) is 19.0. The average Bonchev–Trinajstić information content (AvgIpc) is 2.77. The van der Waals surface area contributed by atoms with E-state index in [0.717, 1.165) is 5.56 Å². The van der Waals surface area contributed by atoms with Crippen molar-refractivity contribution in [1.29, 1.82) is 0 Å². The summed E-state index contributed by atoms with van der Waals surface area (Å²) in [5.41, 5.74) is 1.19. The molecule has 0 unspecified atom stereocenters. The third kappa shape index (κ3) is 7.40. The number of aliphatic hydroxyl groups excluding tert-OH is 1. The number of carbonyl (C=O) groups excluding carboxylic acids is 3. The summed E-state index contributed by atoms with van der Waals surface area (Å²) in [5, 5.41) is 15.4. The second kappa shape index (κ2) is 12.3. The number of ether oxygens (including phenoxy) is 2. The molecule has 0 spiro atoms. The van der Waals surface area contributed by atoms with Crippen molar-refractivity contribution in [3.8, 4) is 0 Å². The van der Waals surface area contributed by atoms with E-state index in [4.69, 9.17) is 32.7 Å². The lowest BCUT2D eigenvalue weighted by Gasteiger charge is -2.24. The van der Waals surface area contributed by atoms with Crippen molar-refractivity contribution in [3.05, 3.63) is 69.7 Å². The van der Waals surface area contributed by atoms with Crippen molar-refractivity contribution in [1.82, 2.24) is 10.6 Å². The van der Waals surface area contributed by atoms with Gasteiger partial charge in [-0.25, -0.2) is 9.59 Å². The molecule has 32 heavy (non-hydrogen) atoms. The van der Waals surface area contributed by atoms with Gasteiger partial charge in [0.1, 0.15) is 18.7 Å². The highest BCUT2D eigenvalue weighted by Crippen LogP contribution is 2.25. The Balaban J connectivity index is 2.07. The van der Waals surface area contributed by atoms with E-state index in [2.05, 4.69) is 10.6 Å². The molecule has 0 aliphatic rings. The van der Waals surface area contributed by atoms with Gasteiger partial charge in [0, 0.05) is 16.5 Å². The third-order valence-electron chi connectivity index (χ3n) is 4.52. The Kier molecular flexibility index (Phi) is 9.77. The molecule has 0 aromatic heterocycles. The number of alkyl carbamates (subject to hydrolysis) is 1. The first-order valence-electron chi connectivity index (χ1n) is 9.69. The van der Waals surface area contributed by atoms with Crippen LogP contribution in [0.1, 0.15) is 18.1 Å². The molecule has 2 aromatic rings. The van der Waals surface area contributed by atoms with Gasteiger partial charge >= 0.3 is 12.1 Å². The Labute approximate surface area is 195 Å². The normalized spacial score (nSPS) is 13.4. The fourth-order valence-corrected chi connectivity index (χ4v) is 3.38. The maximum Gasteiger partial charge on any atom is 0.408 e. The highest BCUT2D eigenvalue weighted by atomic mass is 35.5. The van der Waals surface area contributed by atoms with Crippen LogP contribution in [0.4, 0.5) is 4.79 Å². The van der Waals surface area contributed by atoms with Gasteiger partial charge in [0.15, 0.2) is 0 Å². The van der Waals surface area contributed by atoms with Crippen LogP contribution >= 0.6 is 23.2 Å². The zero-order valence-electron chi connectivity index (χ0n) is 17.5. The van der Waals surface area contributed by atoms with E-state index >= 15 is 0 Å². The number of methoxy groups -OCH3 is 1. The number of carbonyl (C=O) groups is 3. The summed E-state index contributed by atoms with van der Waals surface area (Å²) >= 11 is 12.3. The lowest BCUT2D eigenvalue weighted by atomic mass is 10.0. The fraction of sp³-hybridized carbons (Fsp3) is 0.318. The summed E-state index contributed by atoms with van der Waals surface area (Å²) < 4.78 is 9.85. The number of aliphatic hydroxyl groups is 1. The molecule has 0 saturated heterocycles. The van der Waals surface area contributed by atoms with E-state index < -0.39 is 36.2 Å². The van der Waals surface area contributed by atoms with Gasteiger partial charge in [-0.15, -0.1) is 0 Å². The van der Waals surface area contributed by atoms with Crippen molar-refractivity contribution in [2.45, 2.75) is 38.1 Å². The molecular formula is C22H24Cl2N2O6. The minimum Gasteiger partial charge on any atom is -0.467 e. The predicted molar refractivity (Wildman–Crippen MR) is 119 cm³/mol. The van der Waals surface area contributed by atoms with Gasteiger partial charge in [-0.05, 0) is 30.2 Å². The van der Waals surface area contributed by atoms with Crippen LogP contribution in [0.5, 0.6) is 0 Å². The Bertz CT molecular complexity index is 919. The first kappa shape index (κ1) is 25.5. The van der Waals surface area contributed by atoms with Crippen LogP contribution in [0, 0.1) is 0 Å². The van der Waals surface area contributed by atoms with Gasteiger partial charge in [0.25, 0.3) is 0 Å². The number of esters is 1. The number of hydrogen-bond donors (Lipinski definition) is 3. The largest absolute Gasteiger partial charge is 0.467 e. The van der Waals surface area contributed by atoms with Crippen LogP contribution < -0.4 is 10.6 Å². The predicted octanol–water partition coefficient (Wildman–Crippen LogP) is 2.87. The topological polar surface area (TPSA) is 114 Å². The number of amides is 2. The van der Waals surface area contributed by atoms with Gasteiger partial charge in [0.05, 0.1) is 13.2 Å². The first-order valence-corrected chi connectivity index (χ1v) is 10.4. The minimum absolute atomic E-state index is 0.0172. The average molecular weight is 483 g/mol. The molecule has 8 nitrogen and oxygen atoms in total. The molecule has 0 aliphatic heterocycles. The second-order valence-electron chi connectivity index (χ2n) is 6.91. The van der Waals surface area contributed by atoms with Crippen LogP contribution in [0.25, 0.3) is 0 Å². The monoisotopic (exact) mass is 482 g/mol. The Hall–Kier alpha value is -2.81. The van der Waals surface area contributed by atoms with E-state index in [1.54, 1.807) is 42.5 Å². The Morgan fingerprint density at radius 2 is 1.62 bits per heavy atom. The highest BCUT2D eigenvalue weighted by molar-refractivity contribution is 6.36. The maximum atomic E-state index is 12.8. The molecule has 3 atom stereocenters. The molecule has 0 heterocycles. The van der Waals surface area contributed by atoms with E-state index in [1.165, 1.54) is 14.0 Å². The van der Waals surface area contributed by atoms with Crippen LogP contribution in [-0.4, -0.2) is 48.4 Å². The number of halogens is 2. The molecule has 0 bridgehead atoms. The van der Waals surface area contributed by atoms with Crippen molar-refractivity contribution >= 4 is 41.2 Å². The molecule has 2 aromatic carbocycles. The minimum atomic E-state index is -1.38. The van der Waals surface area contributed by atoms with Gasteiger partial charge in [-0.3, -0.25) is 4.79 Å². The number of rotatable bonds is 9. The summed E-state index contributed by atoms with van der Waals surface area (Å²) in [5.74, 6) is -1.56. The van der Waals surface area contributed by atoms with Crippen LogP contribution in [-0.2, 0) is 32.1 Å². The van der Waals surface area contributed by atoms with Crippen molar-refractivity contribution in [3.63, 3.8) is 0 Å². The standard InChI is InChI=1S/C22H24Cl2N2O6/c1-13(27)19(26-22(30)32-12-14-7-4-3-5-8-14)20(28)25-18(21(29)31-2)11-15-16(23)9-6-10-17(15)24/h3-10,13,18-19,27H,11-12H2,1-2H3,(H,25,28)(H,26,30)/t13-,18-,19+/m1/s1. The van der Waals surface area contributed by atoms with Gasteiger partial charge in [0.2, 0.25) is 5.91 Å². The fourth-order valence-electron chi connectivity index (χ4n) is 2.83. The molecule has 0 saturated carbocycles. The lowest BCUT2D eigenvalue weighted by Crippen LogP contribution is -2.56. The number of hydrogen-bond acceptors (Lipinski definition) is 6. The number of nitrogens with one attached hydrogen (secondary N) is 2. The molecule has 2 amide bonds. The summed E-state index contributed by atoms with van der Waals surface area (Å²) in [6, 6.07) is 11.3. The SMILES string of the molecule is COC(=O)[C@@H](Cc1c(Cl)cccc1Cl)NC(=O)[C@@H](NC(=O)OCc1ccccc1)[C@@H](C)O. The summed E-state index contributed by atoms with van der Waals surface area (Å²) in [4.78, 5) is 37.2. The van der Waals surface area contributed by atoms with E-state index in [-0.39, 0.29) is 13.0 Å². The smallest absolute Gasteiger partial charge is 0.408 e. The van der Waals surface area contributed by atoms with Crippen molar-refractivity contribution in [2.24, 2.45) is 0 Å². The molecule has 172 valence electrons. The van der Waals surface area contributed by atoms with Crippen molar-refractivity contribution in [2.75, 3.05) is 7.11 Å². The zero-order chi connectivity index (χ0) is 23.7.